The van der Waals surface area contributed by atoms with Gasteiger partial charge in [0.2, 0.25) is 5.91 Å². The van der Waals surface area contributed by atoms with E-state index in [4.69, 9.17) is 0 Å². The van der Waals surface area contributed by atoms with Gasteiger partial charge in [-0.2, -0.15) is 0 Å². The van der Waals surface area contributed by atoms with E-state index in [9.17, 15) is 9.90 Å². The van der Waals surface area contributed by atoms with Crippen LogP contribution in [0.25, 0.3) is 0 Å². The molecule has 0 radical (unpaired) electrons. The number of aromatic hydroxyl groups is 1. The number of carbonyl (C=O) groups is 1. The van der Waals surface area contributed by atoms with Gasteiger partial charge < -0.3 is 15.3 Å². The van der Waals surface area contributed by atoms with Crippen molar-refractivity contribution in [2.75, 3.05) is 20.1 Å². The van der Waals surface area contributed by atoms with Crippen LogP contribution in [0.5, 0.6) is 5.75 Å². The molecule has 0 spiro atoms. The zero-order valence-electron chi connectivity index (χ0n) is 13.5. The van der Waals surface area contributed by atoms with E-state index < -0.39 is 0 Å². The normalized spacial score (nSPS) is 10.7. The van der Waals surface area contributed by atoms with Gasteiger partial charge in [-0.15, -0.1) is 0 Å². The topological polar surface area (TPSA) is 52.6 Å². The highest BCUT2D eigenvalue weighted by Gasteiger charge is 2.04. The highest BCUT2D eigenvalue weighted by Crippen LogP contribution is 2.09. The Morgan fingerprint density at radius 3 is 2.43 bits per heavy atom. The summed E-state index contributed by atoms with van der Waals surface area (Å²) >= 11 is 0. The van der Waals surface area contributed by atoms with Crippen molar-refractivity contribution in [2.24, 2.45) is 0 Å². The maximum absolute atomic E-state index is 11.8. The van der Waals surface area contributed by atoms with Gasteiger partial charge in [0.15, 0.2) is 0 Å². The van der Waals surface area contributed by atoms with Gasteiger partial charge in [-0.05, 0) is 43.3 Å². The van der Waals surface area contributed by atoms with Gasteiger partial charge in [0.05, 0.1) is 6.42 Å². The Balaban J connectivity index is 1.61. The monoisotopic (exact) mass is 312 g/mol. The second-order valence-electron chi connectivity index (χ2n) is 5.77. The SMILES string of the molecule is CN(CCCNC(=O)Cc1ccc(O)cc1)Cc1ccccc1. The maximum Gasteiger partial charge on any atom is 0.224 e. The minimum atomic E-state index is 0.0152. The summed E-state index contributed by atoms with van der Waals surface area (Å²) in [4.78, 5) is 14.1. The van der Waals surface area contributed by atoms with Crippen molar-refractivity contribution in [1.82, 2.24) is 10.2 Å². The summed E-state index contributed by atoms with van der Waals surface area (Å²) in [5.74, 6) is 0.233. The van der Waals surface area contributed by atoms with Crippen molar-refractivity contribution in [3.63, 3.8) is 0 Å². The van der Waals surface area contributed by atoms with E-state index in [2.05, 4.69) is 29.4 Å². The van der Waals surface area contributed by atoms with Crippen LogP contribution in [0.2, 0.25) is 0 Å². The quantitative estimate of drug-likeness (QED) is 0.737. The van der Waals surface area contributed by atoms with Gasteiger partial charge in [-0.25, -0.2) is 0 Å². The first kappa shape index (κ1) is 17.0. The summed E-state index contributed by atoms with van der Waals surface area (Å²) in [5, 5.41) is 12.2. The van der Waals surface area contributed by atoms with Crippen LogP contribution in [-0.2, 0) is 17.8 Å². The van der Waals surface area contributed by atoms with Crippen LogP contribution in [0.4, 0.5) is 0 Å². The molecule has 0 atom stereocenters. The van der Waals surface area contributed by atoms with Crippen molar-refractivity contribution in [3.8, 4) is 5.75 Å². The summed E-state index contributed by atoms with van der Waals surface area (Å²) in [7, 11) is 2.09. The third kappa shape index (κ3) is 6.53. The molecule has 2 rings (SSSR count). The molecule has 0 aliphatic carbocycles. The Kier molecular flexibility index (Phi) is 6.63. The molecule has 2 aromatic rings. The molecule has 2 N–H and O–H groups in total. The summed E-state index contributed by atoms with van der Waals surface area (Å²) in [6.07, 6.45) is 1.27. The molecular weight excluding hydrogens is 288 g/mol. The molecule has 23 heavy (non-hydrogen) atoms. The van der Waals surface area contributed by atoms with E-state index in [1.54, 1.807) is 24.3 Å². The Hall–Kier alpha value is -2.33. The number of carbonyl (C=O) groups excluding carboxylic acids is 1. The Morgan fingerprint density at radius 2 is 1.74 bits per heavy atom. The second-order valence-corrected chi connectivity index (χ2v) is 5.77. The lowest BCUT2D eigenvalue weighted by atomic mass is 10.1. The van der Waals surface area contributed by atoms with E-state index in [0.717, 1.165) is 25.1 Å². The molecule has 4 heteroatoms. The molecule has 0 heterocycles. The third-order valence-corrected chi connectivity index (χ3v) is 3.64. The number of nitrogens with zero attached hydrogens (tertiary/aromatic N) is 1. The molecular formula is C19H24N2O2. The number of phenolic OH excluding ortho intramolecular Hbond substituents is 1. The van der Waals surface area contributed by atoms with Crippen LogP contribution >= 0.6 is 0 Å². The summed E-state index contributed by atoms with van der Waals surface area (Å²) < 4.78 is 0. The molecule has 0 unspecified atom stereocenters. The first-order valence-corrected chi connectivity index (χ1v) is 7.90. The lowest BCUT2D eigenvalue weighted by Gasteiger charge is -2.16. The first-order valence-electron chi connectivity index (χ1n) is 7.90. The number of benzene rings is 2. The molecule has 0 bridgehead atoms. The molecule has 0 saturated heterocycles. The smallest absolute Gasteiger partial charge is 0.224 e. The van der Waals surface area contributed by atoms with Crippen LogP contribution in [-0.4, -0.2) is 36.1 Å². The average Bonchev–Trinajstić information content (AvgIpc) is 2.55. The molecule has 4 nitrogen and oxygen atoms in total. The third-order valence-electron chi connectivity index (χ3n) is 3.64. The number of nitrogens with one attached hydrogen (secondary N) is 1. The van der Waals surface area contributed by atoms with Crippen molar-refractivity contribution < 1.29 is 9.90 Å². The molecule has 0 aromatic heterocycles. The van der Waals surface area contributed by atoms with Crippen LogP contribution in [0.1, 0.15) is 17.5 Å². The van der Waals surface area contributed by atoms with Gasteiger partial charge in [0.25, 0.3) is 0 Å². The van der Waals surface area contributed by atoms with E-state index in [-0.39, 0.29) is 11.7 Å². The fourth-order valence-corrected chi connectivity index (χ4v) is 2.41. The number of hydrogen-bond donors (Lipinski definition) is 2. The maximum atomic E-state index is 11.8. The second kappa shape index (κ2) is 8.96. The Morgan fingerprint density at radius 1 is 1.04 bits per heavy atom. The van der Waals surface area contributed by atoms with Gasteiger partial charge >= 0.3 is 0 Å². The van der Waals surface area contributed by atoms with Gasteiger partial charge in [0, 0.05) is 13.1 Å². The van der Waals surface area contributed by atoms with Crippen molar-refractivity contribution in [1.29, 1.82) is 0 Å². The lowest BCUT2D eigenvalue weighted by molar-refractivity contribution is -0.120. The van der Waals surface area contributed by atoms with E-state index in [1.165, 1.54) is 5.56 Å². The van der Waals surface area contributed by atoms with Gasteiger partial charge in [-0.3, -0.25) is 4.79 Å². The number of amides is 1. The van der Waals surface area contributed by atoms with Crippen LogP contribution in [0.15, 0.2) is 54.6 Å². The standard InChI is InChI=1S/C19H24N2O2/c1-21(15-17-6-3-2-4-7-17)13-5-12-20-19(23)14-16-8-10-18(22)11-9-16/h2-4,6-11,22H,5,12-15H2,1H3,(H,20,23). The van der Waals surface area contributed by atoms with Crippen LogP contribution < -0.4 is 5.32 Å². The van der Waals surface area contributed by atoms with Gasteiger partial charge in [-0.1, -0.05) is 42.5 Å². The molecule has 122 valence electrons. The summed E-state index contributed by atoms with van der Waals surface area (Å²) in [6, 6.07) is 17.1. The van der Waals surface area contributed by atoms with Crippen LogP contribution in [0.3, 0.4) is 0 Å². The minimum Gasteiger partial charge on any atom is -0.508 e. The molecule has 0 fully saturated rings. The average molecular weight is 312 g/mol. The largest absolute Gasteiger partial charge is 0.508 e. The van der Waals surface area contributed by atoms with Crippen molar-refractivity contribution >= 4 is 5.91 Å². The van der Waals surface area contributed by atoms with Gasteiger partial charge in [0.1, 0.15) is 5.75 Å². The van der Waals surface area contributed by atoms with E-state index >= 15 is 0 Å². The van der Waals surface area contributed by atoms with Crippen molar-refractivity contribution in [3.05, 3.63) is 65.7 Å². The molecule has 0 aliphatic heterocycles. The predicted octanol–water partition coefficient (Wildman–Crippen LogP) is 2.57. The molecule has 2 aromatic carbocycles. The highest BCUT2D eigenvalue weighted by molar-refractivity contribution is 5.78. The minimum absolute atomic E-state index is 0.0152. The summed E-state index contributed by atoms with van der Waals surface area (Å²) in [5.41, 5.74) is 2.20. The van der Waals surface area contributed by atoms with Crippen molar-refractivity contribution in [2.45, 2.75) is 19.4 Å². The highest BCUT2D eigenvalue weighted by atomic mass is 16.3. The Labute approximate surface area is 137 Å². The number of hydrogen-bond acceptors (Lipinski definition) is 3. The van der Waals surface area contributed by atoms with E-state index in [0.29, 0.717) is 13.0 Å². The zero-order valence-corrected chi connectivity index (χ0v) is 13.5. The molecule has 0 aliphatic rings. The number of rotatable bonds is 8. The number of phenols is 1. The predicted molar refractivity (Wildman–Crippen MR) is 92.2 cm³/mol. The zero-order chi connectivity index (χ0) is 16.5. The lowest BCUT2D eigenvalue weighted by Crippen LogP contribution is -2.29. The first-order chi connectivity index (χ1) is 11.1. The fourth-order valence-electron chi connectivity index (χ4n) is 2.41. The Bertz CT molecular complexity index is 597. The van der Waals surface area contributed by atoms with Crippen LogP contribution in [0, 0.1) is 0 Å². The van der Waals surface area contributed by atoms with E-state index in [1.807, 2.05) is 18.2 Å². The molecule has 0 saturated carbocycles. The fraction of sp³-hybridized carbons (Fsp3) is 0.316. The summed E-state index contributed by atoms with van der Waals surface area (Å²) in [6.45, 7) is 2.53. The molecule has 1 amide bonds.